The van der Waals surface area contributed by atoms with Crippen molar-refractivity contribution < 1.29 is 9.53 Å². The molecule has 0 bridgehead atoms. The summed E-state index contributed by atoms with van der Waals surface area (Å²) in [6, 6.07) is 6.92. The van der Waals surface area contributed by atoms with E-state index in [1.165, 1.54) is 24.0 Å². The van der Waals surface area contributed by atoms with Crippen molar-refractivity contribution in [3.05, 3.63) is 29.3 Å². The van der Waals surface area contributed by atoms with E-state index in [1.807, 2.05) is 0 Å². The van der Waals surface area contributed by atoms with E-state index in [2.05, 4.69) is 42.7 Å². The van der Waals surface area contributed by atoms with Crippen LogP contribution in [-0.2, 0) is 17.6 Å². The van der Waals surface area contributed by atoms with E-state index in [0.29, 0.717) is 12.5 Å². The third kappa shape index (κ3) is 4.47. The molecule has 0 saturated carbocycles. The standard InChI is InChI=1S/C19H28N2O2/c1-13(21-19(22)12-17-5-3-4-8-20-17)9-15-6-7-18-16(11-15)10-14(2)23-18/h6-7,11,13-14,17,20H,3-5,8-10,12H2,1-2H3,(H,21,22)/t13-,14?,17?/m1/s1. The van der Waals surface area contributed by atoms with E-state index in [0.717, 1.165) is 31.6 Å². The maximum atomic E-state index is 12.2. The largest absolute Gasteiger partial charge is 0.490 e. The maximum Gasteiger partial charge on any atom is 0.221 e. The van der Waals surface area contributed by atoms with Crippen LogP contribution in [0.4, 0.5) is 0 Å². The molecule has 1 saturated heterocycles. The van der Waals surface area contributed by atoms with Crippen LogP contribution in [0, 0.1) is 0 Å². The van der Waals surface area contributed by atoms with Gasteiger partial charge in [-0.05, 0) is 56.8 Å². The minimum absolute atomic E-state index is 0.156. The second kappa shape index (κ2) is 7.35. The highest BCUT2D eigenvalue weighted by atomic mass is 16.5. The first-order valence-corrected chi connectivity index (χ1v) is 8.91. The highest BCUT2D eigenvalue weighted by Crippen LogP contribution is 2.29. The molecule has 0 aromatic heterocycles. The normalized spacial score (nSPS) is 24.6. The van der Waals surface area contributed by atoms with Gasteiger partial charge in [0.15, 0.2) is 0 Å². The lowest BCUT2D eigenvalue weighted by molar-refractivity contribution is -0.122. The third-order valence-electron chi connectivity index (χ3n) is 4.75. The van der Waals surface area contributed by atoms with E-state index in [-0.39, 0.29) is 18.1 Å². The summed E-state index contributed by atoms with van der Waals surface area (Å²) < 4.78 is 5.74. The smallest absolute Gasteiger partial charge is 0.221 e. The number of fused-ring (bicyclic) bond motifs is 1. The number of carbonyl (C=O) groups is 1. The fourth-order valence-corrected chi connectivity index (χ4v) is 3.66. The molecule has 126 valence electrons. The molecule has 1 aromatic carbocycles. The number of piperidine rings is 1. The lowest BCUT2D eigenvalue weighted by Crippen LogP contribution is -2.41. The molecule has 23 heavy (non-hydrogen) atoms. The molecule has 2 aliphatic rings. The molecule has 0 aliphatic carbocycles. The van der Waals surface area contributed by atoms with Crippen LogP contribution in [0.3, 0.4) is 0 Å². The fraction of sp³-hybridized carbons (Fsp3) is 0.632. The van der Waals surface area contributed by atoms with Gasteiger partial charge < -0.3 is 15.4 Å². The van der Waals surface area contributed by atoms with Crippen molar-refractivity contribution >= 4 is 5.91 Å². The van der Waals surface area contributed by atoms with Crippen LogP contribution in [0.2, 0.25) is 0 Å². The van der Waals surface area contributed by atoms with Gasteiger partial charge in [0.1, 0.15) is 11.9 Å². The lowest BCUT2D eigenvalue weighted by Gasteiger charge is -2.23. The molecule has 1 aromatic rings. The summed E-state index contributed by atoms with van der Waals surface area (Å²) >= 11 is 0. The molecule has 1 amide bonds. The third-order valence-corrected chi connectivity index (χ3v) is 4.75. The summed E-state index contributed by atoms with van der Waals surface area (Å²) in [6.45, 7) is 5.23. The van der Waals surface area contributed by atoms with Crippen LogP contribution in [0.1, 0.15) is 50.7 Å². The van der Waals surface area contributed by atoms with Gasteiger partial charge in [0.2, 0.25) is 5.91 Å². The maximum absolute atomic E-state index is 12.2. The molecule has 4 nitrogen and oxygen atoms in total. The molecule has 2 N–H and O–H groups in total. The Morgan fingerprint density at radius 1 is 1.43 bits per heavy atom. The van der Waals surface area contributed by atoms with E-state index in [9.17, 15) is 4.79 Å². The van der Waals surface area contributed by atoms with Crippen molar-refractivity contribution in [3.8, 4) is 5.75 Å². The number of rotatable bonds is 5. The highest BCUT2D eigenvalue weighted by molar-refractivity contribution is 5.76. The first kappa shape index (κ1) is 16.3. The minimum atomic E-state index is 0.156. The summed E-state index contributed by atoms with van der Waals surface area (Å²) in [7, 11) is 0. The average Bonchev–Trinajstić information content (AvgIpc) is 2.87. The number of hydrogen-bond donors (Lipinski definition) is 2. The van der Waals surface area contributed by atoms with Gasteiger partial charge >= 0.3 is 0 Å². The Balaban J connectivity index is 1.48. The van der Waals surface area contributed by atoms with Crippen molar-refractivity contribution in [1.82, 2.24) is 10.6 Å². The topological polar surface area (TPSA) is 50.4 Å². The van der Waals surface area contributed by atoms with Gasteiger partial charge in [0.05, 0.1) is 0 Å². The Morgan fingerprint density at radius 2 is 2.30 bits per heavy atom. The number of nitrogens with one attached hydrogen (secondary N) is 2. The van der Waals surface area contributed by atoms with E-state index < -0.39 is 0 Å². The van der Waals surface area contributed by atoms with Crippen LogP contribution >= 0.6 is 0 Å². The number of ether oxygens (including phenoxy) is 1. The predicted molar refractivity (Wildman–Crippen MR) is 91.8 cm³/mol. The van der Waals surface area contributed by atoms with Gasteiger partial charge in [-0.25, -0.2) is 0 Å². The van der Waals surface area contributed by atoms with Crippen molar-refractivity contribution in [1.29, 1.82) is 0 Å². The SMILES string of the molecule is CC1Cc2cc(C[C@@H](C)NC(=O)CC3CCCCN3)ccc2O1. The molecule has 3 rings (SSSR count). The van der Waals surface area contributed by atoms with Gasteiger partial charge in [-0.1, -0.05) is 18.6 Å². The molecular weight excluding hydrogens is 288 g/mol. The molecule has 1 fully saturated rings. The number of amides is 1. The Morgan fingerprint density at radius 3 is 3.09 bits per heavy atom. The average molecular weight is 316 g/mol. The van der Waals surface area contributed by atoms with Crippen molar-refractivity contribution in [2.45, 2.75) is 70.6 Å². The van der Waals surface area contributed by atoms with E-state index >= 15 is 0 Å². The van der Waals surface area contributed by atoms with Gasteiger partial charge in [-0.15, -0.1) is 0 Å². The number of carbonyl (C=O) groups excluding carboxylic acids is 1. The molecule has 0 spiro atoms. The minimum Gasteiger partial charge on any atom is -0.490 e. The molecule has 2 aliphatic heterocycles. The predicted octanol–water partition coefficient (Wildman–Crippen LogP) is 2.59. The van der Waals surface area contributed by atoms with Gasteiger partial charge in [0, 0.05) is 24.9 Å². The van der Waals surface area contributed by atoms with Crippen molar-refractivity contribution in [2.75, 3.05) is 6.54 Å². The fourth-order valence-electron chi connectivity index (χ4n) is 3.66. The van der Waals surface area contributed by atoms with Crippen LogP contribution in [-0.4, -0.2) is 30.6 Å². The molecular formula is C19H28N2O2. The zero-order valence-electron chi connectivity index (χ0n) is 14.2. The van der Waals surface area contributed by atoms with Crippen LogP contribution in [0.15, 0.2) is 18.2 Å². The molecule has 4 heteroatoms. The van der Waals surface area contributed by atoms with E-state index in [1.54, 1.807) is 0 Å². The second-order valence-electron chi connectivity index (χ2n) is 7.10. The summed E-state index contributed by atoms with van der Waals surface area (Å²) in [5.74, 6) is 1.18. The first-order chi connectivity index (χ1) is 11.1. The summed E-state index contributed by atoms with van der Waals surface area (Å²) in [5.41, 5.74) is 2.56. The van der Waals surface area contributed by atoms with Gasteiger partial charge in [-0.3, -0.25) is 4.79 Å². The summed E-state index contributed by atoms with van der Waals surface area (Å²) in [5, 5.41) is 6.57. The number of benzene rings is 1. The highest BCUT2D eigenvalue weighted by Gasteiger charge is 2.20. The van der Waals surface area contributed by atoms with Gasteiger partial charge in [0.25, 0.3) is 0 Å². The Bertz CT molecular complexity index is 552. The second-order valence-corrected chi connectivity index (χ2v) is 7.10. The monoisotopic (exact) mass is 316 g/mol. The zero-order valence-corrected chi connectivity index (χ0v) is 14.2. The number of hydrogen-bond acceptors (Lipinski definition) is 3. The molecule has 2 heterocycles. The van der Waals surface area contributed by atoms with Crippen molar-refractivity contribution in [2.24, 2.45) is 0 Å². The summed E-state index contributed by atoms with van der Waals surface area (Å²) in [4.78, 5) is 12.2. The Labute approximate surface area is 139 Å². The van der Waals surface area contributed by atoms with Crippen LogP contribution in [0.25, 0.3) is 0 Å². The molecule has 2 unspecified atom stereocenters. The quantitative estimate of drug-likeness (QED) is 0.878. The van der Waals surface area contributed by atoms with Crippen LogP contribution < -0.4 is 15.4 Å². The van der Waals surface area contributed by atoms with E-state index in [4.69, 9.17) is 4.74 Å². The lowest BCUT2D eigenvalue weighted by atomic mass is 10.0. The Kier molecular flexibility index (Phi) is 5.21. The first-order valence-electron chi connectivity index (χ1n) is 8.91. The molecule has 0 radical (unpaired) electrons. The Hall–Kier alpha value is -1.55. The van der Waals surface area contributed by atoms with Crippen LogP contribution in [0.5, 0.6) is 5.75 Å². The zero-order chi connectivity index (χ0) is 16.2. The molecule has 3 atom stereocenters. The van der Waals surface area contributed by atoms with Gasteiger partial charge in [-0.2, -0.15) is 0 Å². The van der Waals surface area contributed by atoms with Crippen molar-refractivity contribution in [3.63, 3.8) is 0 Å². The summed E-state index contributed by atoms with van der Waals surface area (Å²) in [6.07, 6.45) is 6.30.